The molecule has 2 atom stereocenters. The molecule has 0 aromatic carbocycles. The third-order valence-corrected chi connectivity index (χ3v) is 5.36. The summed E-state index contributed by atoms with van der Waals surface area (Å²) < 4.78 is 0. The lowest BCUT2D eigenvalue weighted by Gasteiger charge is -2.32. The number of fused-ring (bicyclic) bond motifs is 1. The van der Waals surface area contributed by atoms with E-state index in [1.54, 1.807) is 0 Å². The standard InChI is InChI=1S/C15H27N3O/c1-3-17-6-4-12(5-7-17)15(19)18-10-13-8-16(2)9-14(13)11-18/h12-14H,3-11H2,1-2H3. The molecule has 0 aromatic heterocycles. The highest BCUT2D eigenvalue weighted by atomic mass is 16.2. The molecule has 2 unspecified atom stereocenters. The average molecular weight is 265 g/mol. The van der Waals surface area contributed by atoms with Crippen LogP contribution in [0.5, 0.6) is 0 Å². The largest absolute Gasteiger partial charge is 0.342 e. The Bertz CT molecular complexity index is 324. The van der Waals surface area contributed by atoms with Gasteiger partial charge in [0.2, 0.25) is 5.91 Å². The number of likely N-dealkylation sites (tertiary alicyclic amines) is 3. The molecule has 0 spiro atoms. The summed E-state index contributed by atoms with van der Waals surface area (Å²) in [4.78, 5) is 19.6. The first kappa shape index (κ1) is 13.4. The summed E-state index contributed by atoms with van der Waals surface area (Å²) in [6.07, 6.45) is 2.14. The number of carbonyl (C=O) groups excluding carboxylic acids is 1. The quantitative estimate of drug-likeness (QED) is 0.737. The molecule has 4 heteroatoms. The van der Waals surface area contributed by atoms with Gasteiger partial charge >= 0.3 is 0 Å². The molecule has 1 amide bonds. The normalized spacial score (nSPS) is 33.9. The van der Waals surface area contributed by atoms with Crippen LogP contribution < -0.4 is 0 Å². The van der Waals surface area contributed by atoms with Crippen molar-refractivity contribution in [2.45, 2.75) is 19.8 Å². The van der Waals surface area contributed by atoms with Crippen molar-refractivity contribution in [2.24, 2.45) is 17.8 Å². The van der Waals surface area contributed by atoms with Crippen LogP contribution in [0.4, 0.5) is 0 Å². The van der Waals surface area contributed by atoms with E-state index >= 15 is 0 Å². The van der Waals surface area contributed by atoms with Crippen molar-refractivity contribution in [1.29, 1.82) is 0 Å². The molecule has 4 nitrogen and oxygen atoms in total. The summed E-state index contributed by atoms with van der Waals surface area (Å²) in [7, 11) is 2.20. The van der Waals surface area contributed by atoms with Gasteiger partial charge in [-0.15, -0.1) is 0 Å². The molecule has 0 radical (unpaired) electrons. The zero-order valence-electron chi connectivity index (χ0n) is 12.3. The van der Waals surface area contributed by atoms with Gasteiger partial charge in [0.1, 0.15) is 0 Å². The molecule has 19 heavy (non-hydrogen) atoms. The highest BCUT2D eigenvalue weighted by molar-refractivity contribution is 5.79. The molecule has 3 fully saturated rings. The first-order valence-corrected chi connectivity index (χ1v) is 7.87. The zero-order valence-corrected chi connectivity index (χ0v) is 12.3. The van der Waals surface area contributed by atoms with Crippen molar-refractivity contribution in [3.05, 3.63) is 0 Å². The van der Waals surface area contributed by atoms with Gasteiger partial charge in [-0.3, -0.25) is 4.79 Å². The van der Waals surface area contributed by atoms with Crippen molar-refractivity contribution in [3.63, 3.8) is 0 Å². The predicted molar refractivity (Wildman–Crippen MR) is 75.9 cm³/mol. The molecule has 0 aliphatic carbocycles. The Morgan fingerprint density at radius 1 is 1.05 bits per heavy atom. The highest BCUT2D eigenvalue weighted by Crippen LogP contribution is 2.32. The van der Waals surface area contributed by atoms with E-state index < -0.39 is 0 Å². The fourth-order valence-electron chi connectivity index (χ4n) is 4.16. The second-order valence-electron chi connectivity index (χ2n) is 6.69. The van der Waals surface area contributed by atoms with Gasteiger partial charge in [-0.2, -0.15) is 0 Å². The molecular weight excluding hydrogens is 238 g/mol. The Labute approximate surface area is 116 Å². The smallest absolute Gasteiger partial charge is 0.225 e. The second-order valence-corrected chi connectivity index (χ2v) is 6.69. The first-order chi connectivity index (χ1) is 9.17. The van der Waals surface area contributed by atoms with E-state index in [1.165, 1.54) is 13.1 Å². The number of piperidine rings is 1. The van der Waals surface area contributed by atoms with Crippen molar-refractivity contribution < 1.29 is 4.79 Å². The van der Waals surface area contributed by atoms with Gasteiger partial charge in [-0.1, -0.05) is 6.92 Å². The van der Waals surface area contributed by atoms with Gasteiger partial charge < -0.3 is 14.7 Å². The van der Waals surface area contributed by atoms with Gasteiger partial charge in [0, 0.05) is 32.1 Å². The second kappa shape index (κ2) is 5.41. The van der Waals surface area contributed by atoms with Crippen LogP contribution in [0.15, 0.2) is 0 Å². The molecule has 3 saturated heterocycles. The van der Waals surface area contributed by atoms with Gasteiger partial charge in [0.05, 0.1) is 0 Å². The van der Waals surface area contributed by atoms with Crippen LogP contribution in [-0.2, 0) is 4.79 Å². The number of rotatable bonds is 2. The molecule has 3 aliphatic heterocycles. The monoisotopic (exact) mass is 265 g/mol. The van der Waals surface area contributed by atoms with Crippen LogP contribution in [0.2, 0.25) is 0 Å². The van der Waals surface area contributed by atoms with E-state index in [0.29, 0.717) is 11.8 Å². The molecule has 108 valence electrons. The molecule has 3 heterocycles. The van der Waals surface area contributed by atoms with Crippen LogP contribution in [0.3, 0.4) is 0 Å². The topological polar surface area (TPSA) is 26.8 Å². The summed E-state index contributed by atoms with van der Waals surface area (Å²) in [6, 6.07) is 0. The molecule has 0 N–H and O–H groups in total. The lowest BCUT2D eigenvalue weighted by atomic mass is 9.95. The maximum atomic E-state index is 12.6. The Hall–Kier alpha value is -0.610. The van der Waals surface area contributed by atoms with Crippen LogP contribution in [0.25, 0.3) is 0 Å². The van der Waals surface area contributed by atoms with Gasteiger partial charge in [-0.25, -0.2) is 0 Å². The summed E-state index contributed by atoms with van der Waals surface area (Å²) in [5.74, 6) is 2.24. The Morgan fingerprint density at radius 3 is 2.16 bits per heavy atom. The minimum atomic E-state index is 0.305. The number of hydrogen-bond donors (Lipinski definition) is 0. The Morgan fingerprint density at radius 2 is 1.63 bits per heavy atom. The lowest BCUT2D eigenvalue weighted by Crippen LogP contribution is -2.42. The fraction of sp³-hybridized carbons (Fsp3) is 0.933. The Balaban J connectivity index is 1.52. The molecule has 0 aromatic rings. The van der Waals surface area contributed by atoms with Gasteiger partial charge in [0.15, 0.2) is 0 Å². The van der Waals surface area contributed by atoms with Gasteiger partial charge in [-0.05, 0) is 51.4 Å². The summed E-state index contributed by atoms with van der Waals surface area (Å²) in [5, 5.41) is 0. The highest BCUT2D eigenvalue weighted by Gasteiger charge is 2.41. The predicted octanol–water partition coefficient (Wildman–Crippen LogP) is 0.738. The molecule has 3 rings (SSSR count). The molecular formula is C15H27N3O. The average Bonchev–Trinajstić information content (AvgIpc) is 2.95. The van der Waals surface area contributed by atoms with Crippen molar-refractivity contribution in [1.82, 2.24) is 14.7 Å². The third-order valence-electron chi connectivity index (χ3n) is 5.36. The van der Waals surface area contributed by atoms with Crippen molar-refractivity contribution in [2.75, 3.05) is 52.9 Å². The number of amides is 1. The number of carbonyl (C=O) groups is 1. The number of nitrogens with zero attached hydrogens (tertiary/aromatic N) is 3. The van der Waals surface area contributed by atoms with Crippen LogP contribution >= 0.6 is 0 Å². The van der Waals surface area contributed by atoms with Gasteiger partial charge in [0.25, 0.3) is 0 Å². The summed E-state index contributed by atoms with van der Waals surface area (Å²) >= 11 is 0. The van der Waals surface area contributed by atoms with E-state index in [4.69, 9.17) is 0 Å². The fourth-order valence-corrected chi connectivity index (χ4v) is 4.16. The molecule has 0 bridgehead atoms. The van der Waals surface area contributed by atoms with E-state index in [2.05, 4.69) is 28.7 Å². The number of hydrogen-bond acceptors (Lipinski definition) is 3. The maximum Gasteiger partial charge on any atom is 0.225 e. The minimum Gasteiger partial charge on any atom is -0.342 e. The van der Waals surface area contributed by atoms with Crippen molar-refractivity contribution >= 4 is 5.91 Å². The van der Waals surface area contributed by atoms with E-state index in [9.17, 15) is 4.79 Å². The van der Waals surface area contributed by atoms with E-state index in [1.807, 2.05) is 0 Å². The molecule has 3 aliphatic rings. The van der Waals surface area contributed by atoms with Crippen LogP contribution in [0, 0.1) is 17.8 Å². The van der Waals surface area contributed by atoms with Crippen molar-refractivity contribution in [3.8, 4) is 0 Å². The van der Waals surface area contributed by atoms with Crippen LogP contribution in [-0.4, -0.2) is 73.5 Å². The molecule has 0 saturated carbocycles. The van der Waals surface area contributed by atoms with E-state index in [0.717, 1.165) is 57.4 Å². The Kier molecular flexibility index (Phi) is 3.81. The lowest BCUT2D eigenvalue weighted by molar-refractivity contribution is -0.136. The first-order valence-electron chi connectivity index (χ1n) is 7.87. The minimum absolute atomic E-state index is 0.305. The summed E-state index contributed by atoms with van der Waals surface area (Å²) in [6.45, 7) is 9.95. The summed E-state index contributed by atoms with van der Waals surface area (Å²) in [5.41, 5.74) is 0. The van der Waals surface area contributed by atoms with Crippen LogP contribution in [0.1, 0.15) is 19.8 Å². The zero-order chi connectivity index (χ0) is 13.4. The third kappa shape index (κ3) is 2.65. The van der Waals surface area contributed by atoms with E-state index in [-0.39, 0.29) is 0 Å². The maximum absolute atomic E-state index is 12.6. The SMILES string of the molecule is CCN1CCC(C(=O)N2CC3CN(C)CC3C2)CC1.